The predicted octanol–water partition coefficient (Wildman–Crippen LogP) is 3.79. The van der Waals surface area contributed by atoms with Crippen molar-refractivity contribution in [1.29, 1.82) is 0 Å². The second-order valence-corrected chi connectivity index (χ2v) is 8.20. The van der Waals surface area contributed by atoms with E-state index in [0.29, 0.717) is 13.2 Å². The van der Waals surface area contributed by atoms with Gasteiger partial charge in [0.1, 0.15) is 13.2 Å². The van der Waals surface area contributed by atoms with E-state index >= 15 is 0 Å². The molecule has 2 aliphatic heterocycles. The van der Waals surface area contributed by atoms with Crippen molar-refractivity contribution in [2.24, 2.45) is 0 Å². The minimum Gasteiger partial charge on any atom is -0.486 e. The number of nitrogens with zero attached hydrogens (tertiary/aromatic N) is 1. The van der Waals surface area contributed by atoms with Crippen LogP contribution in [0.5, 0.6) is 11.5 Å². The minimum absolute atomic E-state index is 0.0396. The van der Waals surface area contributed by atoms with Gasteiger partial charge in [-0.25, -0.2) is 0 Å². The molecule has 0 spiro atoms. The maximum Gasteiger partial charge on any atom is 0.261 e. The first-order valence-electron chi connectivity index (χ1n) is 9.76. The first-order valence-corrected chi connectivity index (χ1v) is 10.6. The van der Waals surface area contributed by atoms with E-state index in [2.05, 4.69) is 17.1 Å². The third-order valence-corrected chi connectivity index (χ3v) is 6.25. The molecule has 0 bridgehead atoms. The highest BCUT2D eigenvalue weighted by Crippen LogP contribution is 2.36. The van der Waals surface area contributed by atoms with Crippen molar-refractivity contribution in [3.05, 3.63) is 35.2 Å². The number of piperidine rings is 1. The highest BCUT2D eigenvalue weighted by atomic mass is 32.1. The fourth-order valence-electron chi connectivity index (χ4n) is 3.69. The van der Waals surface area contributed by atoms with Crippen LogP contribution in [-0.2, 0) is 0 Å². The van der Waals surface area contributed by atoms with Gasteiger partial charge in [0, 0.05) is 24.0 Å². The quantitative estimate of drug-likeness (QED) is 0.849. The van der Waals surface area contributed by atoms with E-state index in [1.54, 1.807) is 0 Å². The summed E-state index contributed by atoms with van der Waals surface area (Å²) in [6.07, 6.45) is 3.26. The number of rotatable bonds is 5. The molecule has 5 nitrogen and oxygen atoms in total. The first kappa shape index (κ1) is 18.3. The minimum atomic E-state index is 0.0396. The fraction of sp³-hybridized carbons (Fsp3) is 0.476. The molecule has 0 unspecified atom stereocenters. The molecule has 2 aliphatic rings. The SMILES string of the molecule is CCCN1CCC(NC(=O)c2ccc(-c3ccc4c(c3)OCCO4)s2)CC1. The lowest BCUT2D eigenvalue weighted by molar-refractivity contribution is 0.0915. The molecule has 1 saturated heterocycles. The number of ether oxygens (including phenoxy) is 2. The molecule has 0 radical (unpaired) electrons. The average Bonchev–Trinajstić information content (AvgIpc) is 3.20. The molecule has 1 fully saturated rings. The maximum absolute atomic E-state index is 12.6. The van der Waals surface area contributed by atoms with Gasteiger partial charge in [0.15, 0.2) is 11.5 Å². The van der Waals surface area contributed by atoms with Gasteiger partial charge < -0.3 is 19.7 Å². The lowest BCUT2D eigenvalue weighted by Gasteiger charge is -2.31. The van der Waals surface area contributed by atoms with Crippen LogP contribution in [-0.4, -0.2) is 49.7 Å². The Labute approximate surface area is 164 Å². The summed E-state index contributed by atoms with van der Waals surface area (Å²) in [7, 11) is 0. The molecule has 144 valence electrons. The summed E-state index contributed by atoms with van der Waals surface area (Å²) in [6.45, 7) is 6.68. The third kappa shape index (κ3) is 4.28. The molecule has 0 atom stereocenters. The van der Waals surface area contributed by atoms with Crippen LogP contribution in [0.25, 0.3) is 10.4 Å². The summed E-state index contributed by atoms with van der Waals surface area (Å²) in [5.74, 6) is 1.60. The number of carbonyl (C=O) groups is 1. The zero-order valence-corrected chi connectivity index (χ0v) is 16.5. The van der Waals surface area contributed by atoms with Gasteiger partial charge in [-0.2, -0.15) is 0 Å². The van der Waals surface area contributed by atoms with Gasteiger partial charge in [-0.15, -0.1) is 11.3 Å². The van der Waals surface area contributed by atoms with Crippen LogP contribution in [0.2, 0.25) is 0 Å². The zero-order valence-electron chi connectivity index (χ0n) is 15.7. The van der Waals surface area contributed by atoms with Gasteiger partial charge in [-0.1, -0.05) is 6.92 Å². The molecule has 3 heterocycles. The molecule has 1 aromatic heterocycles. The van der Waals surface area contributed by atoms with E-state index in [0.717, 1.165) is 59.3 Å². The smallest absolute Gasteiger partial charge is 0.261 e. The second-order valence-electron chi connectivity index (χ2n) is 7.11. The Morgan fingerprint density at radius 3 is 2.70 bits per heavy atom. The number of hydrogen-bond acceptors (Lipinski definition) is 5. The Balaban J connectivity index is 1.38. The van der Waals surface area contributed by atoms with Crippen molar-refractivity contribution in [2.45, 2.75) is 32.2 Å². The topological polar surface area (TPSA) is 50.8 Å². The summed E-state index contributed by atoms with van der Waals surface area (Å²) < 4.78 is 11.2. The number of benzene rings is 1. The van der Waals surface area contributed by atoms with Gasteiger partial charge in [-0.05, 0) is 61.7 Å². The Bertz CT molecular complexity index is 796. The van der Waals surface area contributed by atoms with Crippen LogP contribution in [0.15, 0.2) is 30.3 Å². The molecule has 1 amide bonds. The van der Waals surface area contributed by atoms with E-state index in [1.807, 2.05) is 30.3 Å². The number of hydrogen-bond donors (Lipinski definition) is 1. The average molecular weight is 387 g/mol. The lowest BCUT2D eigenvalue weighted by Crippen LogP contribution is -2.44. The van der Waals surface area contributed by atoms with Crippen LogP contribution in [0.1, 0.15) is 35.9 Å². The number of amides is 1. The molecule has 1 aromatic carbocycles. The Morgan fingerprint density at radius 2 is 1.93 bits per heavy atom. The van der Waals surface area contributed by atoms with Crippen molar-refractivity contribution in [3.63, 3.8) is 0 Å². The second kappa shape index (κ2) is 8.31. The summed E-state index contributed by atoms with van der Waals surface area (Å²) >= 11 is 1.52. The van der Waals surface area contributed by atoms with Crippen molar-refractivity contribution >= 4 is 17.2 Å². The van der Waals surface area contributed by atoms with Crippen LogP contribution in [0, 0.1) is 0 Å². The van der Waals surface area contributed by atoms with E-state index in [4.69, 9.17) is 9.47 Å². The van der Waals surface area contributed by atoms with Crippen LogP contribution < -0.4 is 14.8 Å². The Hall–Kier alpha value is -2.05. The summed E-state index contributed by atoms with van der Waals surface area (Å²) in [4.78, 5) is 16.9. The molecular weight excluding hydrogens is 360 g/mol. The van der Waals surface area contributed by atoms with Crippen LogP contribution in [0.4, 0.5) is 0 Å². The summed E-state index contributed by atoms with van der Waals surface area (Å²) in [5.41, 5.74) is 1.05. The first-order chi connectivity index (χ1) is 13.2. The van der Waals surface area contributed by atoms with Crippen LogP contribution >= 0.6 is 11.3 Å². The molecule has 0 aliphatic carbocycles. The maximum atomic E-state index is 12.6. The predicted molar refractivity (Wildman–Crippen MR) is 108 cm³/mol. The number of thiophene rings is 1. The number of nitrogens with one attached hydrogen (secondary N) is 1. The molecule has 27 heavy (non-hydrogen) atoms. The molecule has 1 N–H and O–H groups in total. The monoisotopic (exact) mass is 386 g/mol. The van der Waals surface area contributed by atoms with Gasteiger partial charge in [0.05, 0.1) is 4.88 Å². The number of carbonyl (C=O) groups excluding carboxylic acids is 1. The van der Waals surface area contributed by atoms with Crippen LogP contribution in [0.3, 0.4) is 0 Å². The van der Waals surface area contributed by atoms with E-state index in [1.165, 1.54) is 17.8 Å². The number of fused-ring (bicyclic) bond motifs is 1. The molecule has 0 saturated carbocycles. The van der Waals surface area contributed by atoms with Gasteiger partial charge in [0.25, 0.3) is 5.91 Å². The normalized spacial score (nSPS) is 17.7. The lowest BCUT2D eigenvalue weighted by atomic mass is 10.0. The zero-order chi connectivity index (χ0) is 18.6. The van der Waals surface area contributed by atoms with Gasteiger partial charge >= 0.3 is 0 Å². The third-order valence-electron chi connectivity index (χ3n) is 5.12. The van der Waals surface area contributed by atoms with Crippen molar-refractivity contribution in [2.75, 3.05) is 32.8 Å². The van der Waals surface area contributed by atoms with E-state index in [9.17, 15) is 4.79 Å². The van der Waals surface area contributed by atoms with Gasteiger partial charge in [-0.3, -0.25) is 4.79 Å². The highest BCUT2D eigenvalue weighted by Gasteiger charge is 2.21. The summed E-state index contributed by atoms with van der Waals surface area (Å²) in [6, 6.07) is 10.2. The standard InChI is InChI=1S/C21H26N2O3S/c1-2-9-23-10-7-16(8-11-23)22-21(24)20-6-5-19(27-20)15-3-4-17-18(14-15)26-13-12-25-17/h3-6,14,16H,2,7-13H2,1H3,(H,22,24). The van der Waals surface area contributed by atoms with E-state index in [-0.39, 0.29) is 11.9 Å². The van der Waals surface area contributed by atoms with Crippen molar-refractivity contribution in [3.8, 4) is 21.9 Å². The summed E-state index contributed by atoms with van der Waals surface area (Å²) in [5, 5.41) is 3.21. The highest BCUT2D eigenvalue weighted by molar-refractivity contribution is 7.17. The van der Waals surface area contributed by atoms with Crippen molar-refractivity contribution in [1.82, 2.24) is 10.2 Å². The van der Waals surface area contributed by atoms with E-state index < -0.39 is 0 Å². The fourth-order valence-corrected chi connectivity index (χ4v) is 4.59. The molecule has 2 aromatic rings. The largest absolute Gasteiger partial charge is 0.486 e. The number of likely N-dealkylation sites (tertiary alicyclic amines) is 1. The molecule has 4 rings (SSSR count). The molecular formula is C21H26N2O3S. The van der Waals surface area contributed by atoms with Crippen molar-refractivity contribution < 1.29 is 14.3 Å². The molecule has 6 heteroatoms. The Kier molecular flexibility index (Phi) is 5.64. The Morgan fingerprint density at radius 1 is 1.15 bits per heavy atom. The van der Waals surface area contributed by atoms with Gasteiger partial charge in [0.2, 0.25) is 0 Å².